The maximum Gasteiger partial charge on any atom is 0.231 e. The number of hydrogen-bond acceptors (Lipinski definition) is 6. The van der Waals surface area contributed by atoms with Crippen LogP contribution in [0.5, 0.6) is 0 Å². The average Bonchev–Trinajstić information content (AvgIpc) is 3.04. The van der Waals surface area contributed by atoms with Gasteiger partial charge in [0.05, 0.1) is 11.4 Å². The summed E-state index contributed by atoms with van der Waals surface area (Å²) in [7, 11) is 0. The van der Waals surface area contributed by atoms with Gasteiger partial charge in [0, 0.05) is 11.4 Å². The summed E-state index contributed by atoms with van der Waals surface area (Å²) in [5, 5.41) is 9.32. The second kappa shape index (κ2) is 6.06. The van der Waals surface area contributed by atoms with Crippen LogP contribution in [0.4, 0.5) is 0 Å². The lowest BCUT2D eigenvalue weighted by molar-refractivity contribution is 0.331. The Balaban J connectivity index is 2.05. The number of hydrogen-bond donors (Lipinski definition) is 1. The molecule has 2 heterocycles. The molecule has 0 radical (unpaired) electrons. The molecule has 0 spiro atoms. The molecule has 0 amide bonds. The van der Waals surface area contributed by atoms with Crippen molar-refractivity contribution in [2.24, 2.45) is 0 Å². The van der Waals surface area contributed by atoms with E-state index >= 15 is 0 Å². The Labute approximate surface area is 111 Å². The van der Waals surface area contributed by atoms with E-state index < -0.39 is 0 Å². The van der Waals surface area contributed by atoms with Gasteiger partial charge >= 0.3 is 0 Å². The van der Waals surface area contributed by atoms with Gasteiger partial charge in [-0.15, -0.1) is 11.3 Å². The molecular formula is C12H18N4OS. The van der Waals surface area contributed by atoms with Crippen LogP contribution in [0.25, 0.3) is 11.5 Å². The van der Waals surface area contributed by atoms with Crippen molar-refractivity contribution in [1.29, 1.82) is 0 Å². The van der Waals surface area contributed by atoms with Gasteiger partial charge in [-0.3, -0.25) is 0 Å². The van der Waals surface area contributed by atoms with Crippen molar-refractivity contribution in [3.05, 3.63) is 16.8 Å². The standard InChI is InChI=1S/C12H18N4OS/c1-4-5-13-9(3)8(2)12-15-11(16-17-12)10-6-18-7-14-10/h6-9,13H,4-5H2,1-3H3. The van der Waals surface area contributed by atoms with E-state index in [1.165, 1.54) is 11.3 Å². The molecular weight excluding hydrogens is 248 g/mol. The summed E-state index contributed by atoms with van der Waals surface area (Å²) in [5.41, 5.74) is 2.54. The molecule has 2 unspecified atom stereocenters. The second-order valence-corrected chi connectivity index (χ2v) is 5.08. The van der Waals surface area contributed by atoms with Crippen molar-refractivity contribution in [1.82, 2.24) is 20.4 Å². The molecule has 0 aliphatic rings. The van der Waals surface area contributed by atoms with Gasteiger partial charge in [-0.2, -0.15) is 4.98 Å². The number of aromatic nitrogens is 3. The highest BCUT2D eigenvalue weighted by Crippen LogP contribution is 2.21. The minimum Gasteiger partial charge on any atom is -0.339 e. The van der Waals surface area contributed by atoms with Crippen molar-refractivity contribution in [3.63, 3.8) is 0 Å². The Bertz CT molecular complexity index is 468. The maximum atomic E-state index is 5.31. The number of nitrogens with one attached hydrogen (secondary N) is 1. The molecule has 6 heteroatoms. The first kappa shape index (κ1) is 13.2. The van der Waals surface area contributed by atoms with Gasteiger partial charge in [0.1, 0.15) is 5.69 Å². The molecule has 2 aromatic rings. The summed E-state index contributed by atoms with van der Waals surface area (Å²) in [6.07, 6.45) is 1.12. The van der Waals surface area contributed by atoms with Crippen LogP contribution in [0.3, 0.4) is 0 Å². The van der Waals surface area contributed by atoms with Gasteiger partial charge < -0.3 is 9.84 Å². The predicted molar refractivity (Wildman–Crippen MR) is 71.6 cm³/mol. The molecule has 2 atom stereocenters. The van der Waals surface area contributed by atoms with Crippen LogP contribution in [0.1, 0.15) is 39.0 Å². The third kappa shape index (κ3) is 2.94. The fourth-order valence-corrected chi connectivity index (χ4v) is 2.14. The monoisotopic (exact) mass is 266 g/mol. The van der Waals surface area contributed by atoms with Crippen molar-refractivity contribution in [2.45, 2.75) is 39.2 Å². The Kier molecular flexibility index (Phi) is 4.43. The molecule has 2 rings (SSSR count). The van der Waals surface area contributed by atoms with Gasteiger partial charge in [-0.25, -0.2) is 4.98 Å². The van der Waals surface area contributed by atoms with Gasteiger partial charge in [0.15, 0.2) is 0 Å². The Morgan fingerprint density at radius 3 is 2.94 bits per heavy atom. The van der Waals surface area contributed by atoms with Gasteiger partial charge in [-0.05, 0) is 19.9 Å². The Hall–Kier alpha value is -1.27. The zero-order valence-corrected chi connectivity index (χ0v) is 11.7. The zero-order valence-electron chi connectivity index (χ0n) is 10.9. The summed E-state index contributed by atoms with van der Waals surface area (Å²) in [5.74, 6) is 1.42. The normalized spacial score (nSPS) is 14.6. The number of rotatable bonds is 6. The largest absolute Gasteiger partial charge is 0.339 e. The molecule has 0 aromatic carbocycles. The smallest absolute Gasteiger partial charge is 0.231 e. The van der Waals surface area contributed by atoms with Crippen molar-refractivity contribution >= 4 is 11.3 Å². The number of thiazole rings is 1. The minimum absolute atomic E-state index is 0.191. The van der Waals surface area contributed by atoms with E-state index in [-0.39, 0.29) is 5.92 Å². The highest BCUT2D eigenvalue weighted by molar-refractivity contribution is 7.07. The topological polar surface area (TPSA) is 63.8 Å². The summed E-state index contributed by atoms with van der Waals surface area (Å²) < 4.78 is 5.31. The summed E-state index contributed by atoms with van der Waals surface area (Å²) in [6.45, 7) is 7.37. The molecule has 5 nitrogen and oxygen atoms in total. The molecule has 98 valence electrons. The third-order valence-electron chi connectivity index (χ3n) is 2.96. The maximum absolute atomic E-state index is 5.31. The first-order valence-electron chi connectivity index (χ1n) is 6.18. The summed E-state index contributed by atoms with van der Waals surface area (Å²) >= 11 is 1.52. The summed E-state index contributed by atoms with van der Waals surface area (Å²) in [6, 6.07) is 0.314. The van der Waals surface area contributed by atoms with Crippen LogP contribution in [0.15, 0.2) is 15.4 Å². The molecule has 0 fully saturated rings. The number of nitrogens with zero attached hydrogens (tertiary/aromatic N) is 3. The first-order valence-corrected chi connectivity index (χ1v) is 7.12. The van der Waals surface area contributed by atoms with E-state index in [2.05, 4.69) is 41.2 Å². The van der Waals surface area contributed by atoms with Crippen LogP contribution in [-0.4, -0.2) is 27.7 Å². The van der Waals surface area contributed by atoms with E-state index in [0.29, 0.717) is 17.8 Å². The fourth-order valence-electron chi connectivity index (χ4n) is 1.61. The summed E-state index contributed by atoms with van der Waals surface area (Å²) in [4.78, 5) is 8.58. The average molecular weight is 266 g/mol. The predicted octanol–water partition coefficient (Wildman–Crippen LogP) is 2.68. The molecule has 0 aliphatic carbocycles. The highest BCUT2D eigenvalue weighted by Gasteiger charge is 2.21. The van der Waals surface area contributed by atoms with Crippen molar-refractivity contribution in [3.8, 4) is 11.5 Å². The molecule has 2 aromatic heterocycles. The van der Waals surface area contributed by atoms with Crippen molar-refractivity contribution < 1.29 is 4.52 Å². The molecule has 0 aliphatic heterocycles. The van der Waals surface area contributed by atoms with Crippen LogP contribution < -0.4 is 5.32 Å². The zero-order chi connectivity index (χ0) is 13.0. The van der Waals surface area contributed by atoms with E-state index in [1.54, 1.807) is 5.51 Å². The SMILES string of the molecule is CCCNC(C)C(C)c1nc(-c2cscn2)no1. The lowest BCUT2D eigenvalue weighted by Gasteiger charge is -2.17. The van der Waals surface area contributed by atoms with Crippen LogP contribution in [0, 0.1) is 0 Å². The third-order valence-corrected chi connectivity index (χ3v) is 3.55. The quantitative estimate of drug-likeness (QED) is 0.871. The molecule has 18 heavy (non-hydrogen) atoms. The van der Waals surface area contributed by atoms with Gasteiger partial charge in [-0.1, -0.05) is 19.0 Å². The molecule has 1 N–H and O–H groups in total. The Morgan fingerprint density at radius 2 is 2.28 bits per heavy atom. The first-order chi connectivity index (χ1) is 8.72. The lowest BCUT2D eigenvalue weighted by atomic mass is 10.0. The van der Waals surface area contributed by atoms with Gasteiger partial charge in [0.25, 0.3) is 0 Å². The van der Waals surface area contributed by atoms with E-state index in [0.717, 1.165) is 18.7 Å². The van der Waals surface area contributed by atoms with Crippen LogP contribution in [-0.2, 0) is 0 Å². The molecule has 0 saturated heterocycles. The fraction of sp³-hybridized carbons (Fsp3) is 0.583. The van der Waals surface area contributed by atoms with E-state index in [9.17, 15) is 0 Å². The van der Waals surface area contributed by atoms with Gasteiger partial charge in [0.2, 0.25) is 11.7 Å². The second-order valence-electron chi connectivity index (χ2n) is 4.36. The van der Waals surface area contributed by atoms with Crippen LogP contribution in [0.2, 0.25) is 0 Å². The Morgan fingerprint density at radius 1 is 1.44 bits per heavy atom. The highest BCUT2D eigenvalue weighted by atomic mass is 32.1. The minimum atomic E-state index is 0.191. The van der Waals surface area contributed by atoms with E-state index in [1.807, 2.05) is 5.38 Å². The van der Waals surface area contributed by atoms with Crippen LogP contribution >= 0.6 is 11.3 Å². The lowest BCUT2D eigenvalue weighted by Crippen LogP contribution is -2.31. The van der Waals surface area contributed by atoms with E-state index in [4.69, 9.17) is 4.52 Å². The molecule has 0 saturated carbocycles. The molecule has 0 bridgehead atoms. The van der Waals surface area contributed by atoms with Crippen molar-refractivity contribution in [2.75, 3.05) is 6.54 Å².